The van der Waals surface area contributed by atoms with Gasteiger partial charge in [-0.1, -0.05) is 29.3 Å². The molecule has 0 amide bonds. The van der Waals surface area contributed by atoms with Crippen molar-refractivity contribution in [2.45, 2.75) is 19.4 Å². The number of thiophene rings is 1. The lowest BCUT2D eigenvalue weighted by Gasteiger charge is -2.15. The largest absolute Gasteiger partial charge is 0.310 e. The molecule has 2 rings (SSSR count). The Bertz CT molecular complexity index is 556. The normalized spacial score (nSPS) is 12.6. The minimum atomic E-state index is 0.216. The Balaban J connectivity index is 1.88. The first kappa shape index (κ1) is 15.3. The fourth-order valence-corrected chi connectivity index (χ4v) is 3.92. The van der Waals surface area contributed by atoms with Gasteiger partial charge in [0.25, 0.3) is 0 Å². The van der Waals surface area contributed by atoms with E-state index in [0.29, 0.717) is 10.0 Å². The van der Waals surface area contributed by atoms with E-state index in [9.17, 15) is 0 Å². The Morgan fingerprint density at radius 3 is 2.68 bits per heavy atom. The Labute approximate surface area is 136 Å². The highest BCUT2D eigenvalue weighted by Crippen LogP contribution is 2.26. The second-order valence-electron chi connectivity index (χ2n) is 4.30. The molecule has 0 saturated heterocycles. The lowest BCUT2D eigenvalue weighted by molar-refractivity contribution is 0.579. The van der Waals surface area contributed by atoms with Crippen LogP contribution in [0.15, 0.2) is 34.1 Å². The Hall–Kier alpha value is -0.0600. The highest BCUT2D eigenvalue weighted by Gasteiger charge is 2.09. The molecule has 0 saturated carbocycles. The maximum atomic E-state index is 6.20. The van der Waals surface area contributed by atoms with Crippen LogP contribution in [0.25, 0.3) is 0 Å². The van der Waals surface area contributed by atoms with Gasteiger partial charge in [-0.05, 0) is 59.1 Å². The second-order valence-corrected chi connectivity index (χ2v) is 7.69. The van der Waals surface area contributed by atoms with Gasteiger partial charge in [-0.15, -0.1) is 11.3 Å². The van der Waals surface area contributed by atoms with Crippen molar-refractivity contribution < 1.29 is 0 Å². The maximum absolute atomic E-state index is 6.20. The molecule has 1 aromatic heterocycles. The average Bonchev–Trinajstić information content (AvgIpc) is 2.75. The van der Waals surface area contributed by atoms with Gasteiger partial charge in [0, 0.05) is 27.5 Å². The molecule has 102 valence electrons. The molecule has 1 N–H and O–H groups in total. The van der Waals surface area contributed by atoms with Crippen molar-refractivity contribution in [1.82, 2.24) is 5.32 Å². The number of hydrogen-bond acceptors (Lipinski definition) is 2. The van der Waals surface area contributed by atoms with Crippen molar-refractivity contribution in [3.63, 3.8) is 0 Å². The molecule has 0 aliphatic carbocycles. The van der Waals surface area contributed by atoms with Crippen molar-refractivity contribution in [3.05, 3.63) is 54.6 Å². The number of nitrogens with one attached hydrogen (secondary N) is 1. The minimum Gasteiger partial charge on any atom is -0.310 e. The lowest BCUT2D eigenvalue weighted by Crippen LogP contribution is -2.21. The average molecular weight is 379 g/mol. The van der Waals surface area contributed by atoms with Crippen LogP contribution in [0.5, 0.6) is 0 Å². The van der Waals surface area contributed by atoms with E-state index in [1.165, 1.54) is 8.66 Å². The number of rotatable bonds is 5. The zero-order valence-electron chi connectivity index (χ0n) is 10.4. The zero-order valence-corrected chi connectivity index (χ0v) is 14.3. The minimum absolute atomic E-state index is 0.216. The van der Waals surface area contributed by atoms with E-state index in [-0.39, 0.29) is 6.04 Å². The van der Waals surface area contributed by atoms with Crippen LogP contribution in [0, 0.1) is 0 Å². The molecule has 0 fully saturated rings. The molecule has 1 heterocycles. The van der Waals surface area contributed by atoms with Gasteiger partial charge in [0.15, 0.2) is 0 Å². The van der Waals surface area contributed by atoms with Crippen molar-refractivity contribution in [2.75, 3.05) is 6.54 Å². The van der Waals surface area contributed by atoms with E-state index in [1.54, 1.807) is 17.4 Å². The summed E-state index contributed by atoms with van der Waals surface area (Å²) in [5, 5.41) is 4.87. The van der Waals surface area contributed by atoms with Crippen LogP contribution in [0.3, 0.4) is 0 Å². The summed E-state index contributed by atoms with van der Waals surface area (Å²) in [6, 6.07) is 10.1. The van der Waals surface area contributed by atoms with E-state index in [2.05, 4.69) is 40.3 Å². The van der Waals surface area contributed by atoms with Crippen molar-refractivity contribution in [2.24, 2.45) is 0 Å². The van der Waals surface area contributed by atoms with Crippen LogP contribution in [-0.4, -0.2) is 6.54 Å². The summed E-state index contributed by atoms with van der Waals surface area (Å²) in [6.07, 6.45) is 1.02. The standard InChI is InChI=1S/C14H14BrCl2NS/c1-9(12-4-2-10(16)8-13(12)17)18-7-6-11-3-5-14(15)19-11/h2-5,8-9,18H,6-7H2,1H3. The molecular formula is C14H14BrCl2NS. The quantitative estimate of drug-likeness (QED) is 0.702. The van der Waals surface area contributed by atoms with Crippen LogP contribution >= 0.6 is 50.5 Å². The maximum Gasteiger partial charge on any atom is 0.0701 e. The molecule has 0 aliphatic rings. The molecule has 0 aliphatic heterocycles. The third kappa shape index (κ3) is 4.47. The van der Waals surface area contributed by atoms with Crippen LogP contribution < -0.4 is 5.32 Å². The highest BCUT2D eigenvalue weighted by atomic mass is 79.9. The summed E-state index contributed by atoms with van der Waals surface area (Å²) in [4.78, 5) is 1.37. The summed E-state index contributed by atoms with van der Waals surface area (Å²) in [5.74, 6) is 0. The van der Waals surface area contributed by atoms with E-state index < -0.39 is 0 Å². The topological polar surface area (TPSA) is 12.0 Å². The molecule has 0 radical (unpaired) electrons. The summed E-state index contributed by atoms with van der Waals surface area (Å²) >= 11 is 17.3. The van der Waals surface area contributed by atoms with Gasteiger partial charge >= 0.3 is 0 Å². The van der Waals surface area contributed by atoms with Crippen molar-refractivity contribution in [1.29, 1.82) is 0 Å². The first-order valence-electron chi connectivity index (χ1n) is 5.99. The first-order chi connectivity index (χ1) is 9.06. The molecule has 0 bridgehead atoms. The van der Waals surface area contributed by atoms with Gasteiger partial charge < -0.3 is 5.32 Å². The third-order valence-corrected chi connectivity index (χ3v) is 5.13. The molecule has 1 aromatic carbocycles. The Kier molecular flexibility index (Phi) is 5.72. The van der Waals surface area contributed by atoms with E-state index in [1.807, 2.05) is 12.1 Å². The second kappa shape index (κ2) is 7.09. The van der Waals surface area contributed by atoms with Crippen LogP contribution in [0.2, 0.25) is 10.0 Å². The summed E-state index contributed by atoms with van der Waals surface area (Å²) in [5.41, 5.74) is 1.08. The van der Waals surface area contributed by atoms with Crippen LogP contribution in [0.4, 0.5) is 0 Å². The molecule has 19 heavy (non-hydrogen) atoms. The van der Waals surface area contributed by atoms with Gasteiger partial charge in [0.05, 0.1) is 3.79 Å². The van der Waals surface area contributed by atoms with E-state index >= 15 is 0 Å². The summed E-state index contributed by atoms with van der Waals surface area (Å²) in [6.45, 7) is 3.03. The third-order valence-electron chi connectivity index (χ3n) is 2.88. The molecular weight excluding hydrogens is 365 g/mol. The molecule has 1 nitrogen and oxygen atoms in total. The smallest absolute Gasteiger partial charge is 0.0701 e. The van der Waals surface area contributed by atoms with E-state index in [4.69, 9.17) is 23.2 Å². The van der Waals surface area contributed by atoms with Gasteiger partial charge in [-0.25, -0.2) is 0 Å². The fourth-order valence-electron chi connectivity index (χ4n) is 1.86. The zero-order chi connectivity index (χ0) is 13.8. The van der Waals surface area contributed by atoms with E-state index in [0.717, 1.165) is 18.5 Å². The molecule has 2 aromatic rings. The fraction of sp³-hybridized carbons (Fsp3) is 0.286. The monoisotopic (exact) mass is 377 g/mol. The number of hydrogen-bond donors (Lipinski definition) is 1. The lowest BCUT2D eigenvalue weighted by atomic mass is 10.1. The van der Waals surface area contributed by atoms with Crippen LogP contribution in [0.1, 0.15) is 23.4 Å². The van der Waals surface area contributed by atoms with Crippen molar-refractivity contribution >= 4 is 50.5 Å². The Morgan fingerprint density at radius 2 is 2.05 bits per heavy atom. The van der Waals surface area contributed by atoms with Gasteiger partial charge in [0.1, 0.15) is 0 Å². The predicted octanol–water partition coefficient (Wildman–Crippen LogP) is 5.71. The molecule has 0 spiro atoms. The van der Waals surface area contributed by atoms with Crippen LogP contribution in [-0.2, 0) is 6.42 Å². The highest BCUT2D eigenvalue weighted by molar-refractivity contribution is 9.11. The van der Waals surface area contributed by atoms with Gasteiger partial charge in [-0.2, -0.15) is 0 Å². The van der Waals surface area contributed by atoms with Crippen molar-refractivity contribution in [3.8, 4) is 0 Å². The SMILES string of the molecule is CC(NCCc1ccc(Br)s1)c1ccc(Cl)cc1Cl. The molecule has 5 heteroatoms. The summed E-state index contributed by atoms with van der Waals surface area (Å²) < 4.78 is 1.18. The molecule has 1 atom stereocenters. The number of benzene rings is 1. The predicted molar refractivity (Wildman–Crippen MR) is 88.6 cm³/mol. The summed E-state index contributed by atoms with van der Waals surface area (Å²) in [7, 11) is 0. The van der Waals surface area contributed by atoms with Gasteiger partial charge in [-0.3, -0.25) is 0 Å². The first-order valence-corrected chi connectivity index (χ1v) is 8.35. The Morgan fingerprint density at radius 1 is 1.26 bits per heavy atom. The van der Waals surface area contributed by atoms with Gasteiger partial charge in [0.2, 0.25) is 0 Å². The number of halogens is 3. The molecule has 1 unspecified atom stereocenters.